The molecule has 21 atom stereocenters. The van der Waals surface area contributed by atoms with Crippen LogP contribution >= 0.6 is 0 Å². The molecule has 7 fully saturated rings. The molecule has 0 aromatic carbocycles. The minimum Gasteiger partial charge on any atom is -0.394 e. The van der Waals surface area contributed by atoms with Crippen molar-refractivity contribution in [1.82, 2.24) is 0 Å². The Kier molecular flexibility index (Phi) is 9.80. The summed E-state index contributed by atoms with van der Waals surface area (Å²) in [7, 11) is 0. The van der Waals surface area contributed by atoms with Crippen molar-refractivity contribution in [3.8, 4) is 0 Å². The van der Waals surface area contributed by atoms with Crippen LogP contribution in [0.25, 0.3) is 0 Å². The van der Waals surface area contributed by atoms with Gasteiger partial charge >= 0.3 is 0 Å². The molecule has 290 valence electrons. The van der Waals surface area contributed by atoms with Gasteiger partial charge in [-0.1, -0.05) is 39.3 Å². The minimum atomic E-state index is -1.71. The molecule has 0 aromatic rings. The molecule has 4 aliphatic carbocycles. The van der Waals surface area contributed by atoms with Crippen LogP contribution in [0.2, 0.25) is 0 Å². The first-order chi connectivity index (χ1) is 24.2. The fraction of sp³-hybridized carbons (Fsp3) is 0.947. The Morgan fingerprint density at radius 2 is 1.65 bits per heavy atom. The molecule has 51 heavy (non-hydrogen) atoms. The van der Waals surface area contributed by atoms with E-state index in [1.54, 1.807) is 0 Å². The highest BCUT2D eigenvalue weighted by atomic mass is 16.8. The lowest BCUT2D eigenvalue weighted by Gasteiger charge is -2.60. The van der Waals surface area contributed by atoms with Crippen LogP contribution in [-0.4, -0.2) is 135 Å². The fourth-order valence-corrected chi connectivity index (χ4v) is 12.4. The van der Waals surface area contributed by atoms with Gasteiger partial charge in [0.1, 0.15) is 42.7 Å². The molecule has 13 heteroatoms. The van der Waals surface area contributed by atoms with E-state index >= 15 is 0 Å². The number of ether oxygens (including phenoxy) is 6. The van der Waals surface area contributed by atoms with Crippen molar-refractivity contribution in [2.45, 2.75) is 158 Å². The molecule has 7 N–H and O–H groups in total. The van der Waals surface area contributed by atoms with E-state index in [-0.39, 0.29) is 24.0 Å². The third-order valence-corrected chi connectivity index (χ3v) is 15.3. The zero-order chi connectivity index (χ0) is 36.2. The van der Waals surface area contributed by atoms with E-state index in [9.17, 15) is 35.7 Å². The average molecular weight is 725 g/mol. The summed E-state index contributed by atoms with van der Waals surface area (Å²) >= 11 is 0. The van der Waals surface area contributed by atoms with Crippen LogP contribution in [0.1, 0.15) is 79.1 Å². The van der Waals surface area contributed by atoms with E-state index in [0.29, 0.717) is 42.4 Å². The van der Waals surface area contributed by atoms with E-state index in [1.807, 2.05) is 0 Å². The van der Waals surface area contributed by atoms with Crippen molar-refractivity contribution >= 4 is 0 Å². The third-order valence-electron chi connectivity index (χ3n) is 15.3. The number of hydrogen-bond acceptors (Lipinski definition) is 13. The predicted octanol–water partition coefficient (Wildman–Crippen LogP) is 0.972. The molecule has 0 aromatic heterocycles. The van der Waals surface area contributed by atoms with Crippen molar-refractivity contribution in [3.63, 3.8) is 0 Å². The Morgan fingerprint density at radius 1 is 0.863 bits per heavy atom. The highest BCUT2D eigenvalue weighted by Crippen LogP contribution is 2.71. The van der Waals surface area contributed by atoms with E-state index in [1.165, 1.54) is 5.57 Å². The third kappa shape index (κ3) is 5.74. The first-order valence-electron chi connectivity index (χ1n) is 19.5. The average Bonchev–Trinajstić information content (AvgIpc) is 3.55. The van der Waals surface area contributed by atoms with Gasteiger partial charge in [0.2, 0.25) is 0 Å². The summed E-state index contributed by atoms with van der Waals surface area (Å²) in [5, 5.41) is 73.9. The number of rotatable bonds is 5. The van der Waals surface area contributed by atoms with Gasteiger partial charge in [-0.05, 0) is 73.5 Å². The zero-order valence-corrected chi connectivity index (χ0v) is 30.3. The summed E-state index contributed by atoms with van der Waals surface area (Å²) in [5.41, 5.74) is 0.838. The Labute approximate surface area is 300 Å². The second-order valence-corrected chi connectivity index (χ2v) is 17.9. The molecule has 3 saturated carbocycles. The Hall–Kier alpha value is -0.780. The summed E-state index contributed by atoms with van der Waals surface area (Å²) in [5.74, 6) is 1.96. The summed E-state index contributed by atoms with van der Waals surface area (Å²) in [6.45, 7) is 9.22. The van der Waals surface area contributed by atoms with Gasteiger partial charge in [-0.3, -0.25) is 0 Å². The van der Waals surface area contributed by atoms with Crippen molar-refractivity contribution in [2.75, 3.05) is 19.8 Å². The maximum atomic E-state index is 11.2. The van der Waals surface area contributed by atoms with Crippen LogP contribution in [-0.2, 0) is 28.4 Å². The summed E-state index contributed by atoms with van der Waals surface area (Å²) in [6.07, 6.45) is -4.83. The van der Waals surface area contributed by atoms with Crippen LogP contribution < -0.4 is 0 Å². The van der Waals surface area contributed by atoms with Gasteiger partial charge in [-0.15, -0.1) is 0 Å². The van der Waals surface area contributed by atoms with Gasteiger partial charge in [0.05, 0.1) is 38.1 Å². The van der Waals surface area contributed by atoms with Crippen LogP contribution in [0, 0.1) is 46.3 Å². The smallest absolute Gasteiger partial charge is 0.187 e. The van der Waals surface area contributed by atoms with Crippen LogP contribution in [0.3, 0.4) is 0 Å². The van der Waals surface area contributed by atoms with Crippen LogP contribution in [0.4, 0.5) is 0 Å². The van der Waals surface area contributed by atoms with Crippen molar-refractivity contribution in [3.05, 3.63) is 11.6 Å². The number of aliphatic hydroxyl groups excluding tert-OH is 7. The molecule has 8 rings (SSSR count). The topological polar surface area (TPSA) is 197 Å². The molecule has 0 bridgehead atoms. The van der Waals surface area contributed by atoms with Gasteiger partial charge in [0.15, 0.2) is 18.4 Å². The number of fused-ring (bicyclic) bond motifs is 7. The van der Waals surface area contributed by atoms with Gasteiger partial charge in [-0.25, -0.2) is 0 Å². The maximum absolute atomic E-state index is 11.2. The first kappa shape index (κ1) is 37.2. The number of allylic oxidation sites excluding steroid dienone is 1. The van der Waals surface area contributed by atoms with Crippen molar-refractivity contribution < 1.29 is 64.2 Å². The quantitative estimate of drug-likeness (QED) is 0.198. The molecule has 4 saturated heterocycles. The molecule has 8 aliphatic rings. The molecule has 4 aliphatic heterocycles. The SMILES string of the molecule is C[C@@H]1CC[C@@]2(OC1)O[C@H]1C[C@H]3[C@@H]4CC=C5C[C@@H](O)C[C@@H](O[C@@H]6OC[C@@H](O)[C@H](O)[C@H]6O[C@@H]6O[C@H](CO)[C@@H](O)[C@H](O)[C@H]6O)[C@]5(C)[C@H]4CC[C@]3(C)[C@H]1[C@@H]2C. The molecule has 13 nitrogen and oxygen atoms in total. The number of hydrogen-bond donors (Lipinski definition) is 7. The van der Waals surface area contributed by atoms with E-state index in [2.05, 4.69) is 33.8 Å². The van der Waals surface area contributed by atoms with Gasteiger partial charge in [0.25, 0.3) is 0 Å². The lowest BCUT2D eigenvalue weighted by molar-refractivity contribution is -0.365. The number of aliphatic hydroxyl groups is 7. The molecule has 4 heterocycles. The fourth-order valence-electron chi connectivity index (χ4n) is 12.4. The van der Waals surface area contributed by atoms with E-state index < -0.39 is 85.3 Å². The molecule has 1 spiro atoms. The normalized spacial score (nSPS) is 58.4. The van der Waals surface area contributed by atoms with Gasteiger partial charge < -0.3 is 64.2 Å². The van der Waals surface area contributed by atoms with Crippen molar-refractivity contribution in [2.24, 2.45) is 46.3 Å². The molecular formula is C38H60O13. The molecular weight excluding hydrogens is 664 g/mol. The second kappa shape index (κ2) is 13.5. The Morgan fingerprint density at radius 3 is 2.37 bits per heavy atom. The van der Waals surface area contributed by atoms with E-state index in [4.69, 9.17) is 28.4 Å². The Balaban J connectivity index is 1.04. The lowest BCUT2D eigenvalue weighted by atomic mass is 9.46. The second-order valence-electron chi connectivity index (χ2n) is 17.9. The predicted molar refractivity (Wildman–Crippen MR) is 178 cm³/mol. The minimum absolute atomic E-state index is 0.116. The monoisotopic (exact) mass is 724 g/mol. The lowest BCUT2D eigenvalue weighted by Crippen LogP contribution is -2.64. The largest absolute Gasteiger partial charge is 0.394 e. The maximum Gasteiger partial charge on any atom is 0.187 e. The standard InChI is InChI=1S/C38H60O13/c1-17-7-10-38(47-15-17)18(2)28-25(51-38)13-23-21-6-5-19-11-20(40)12-27(37(19,4)22(21)8-9-36(23,28)3)49-35-33(29(42)24(41)16-46-35)50-34-32(45)31(44)30(43)26(14-39)48-34/h5,17-18,20-35,39-45H,6-16H2,1-4H3/t17-,18+,20-,21-,22+,23+,24-,25+,26-,27-,28+,29+,30-,31+,32-,33-,34+,35+,36+,37+,38-/m1/s1. The summed E-state index contributed by atoms with van der Waals surface area (Å²) in [4.78, 5) is 0. The van der Waals surface area contributed by atoms with Gasteiger partial charge in [-0.2, -0.15) is 0 Å². The first-order valence-corrected chi connectivity index (χ1v) is 19.5. The molecule has 0 radical (unpaired) electrons. The van der Waals surface area contributed by atoms with Crippen molar-refractivity contribution in [1.29, 1.82) is 0 Å². The molecule has 0 amide bonds. The van der Waals surface area contributed by atoms with Crippen LogP contribution in [0.15, 0.2) is 11.6 Å². The summed E-state index contributed by atoms with van der Waals surface area (Å²) < 4.78 is 37.8. The van der Waals surface area contributed by atoms with Crippen LogP contribution in [0.5, 0.6) is 0 Å². The van der Waals surface area contributed by atoms with E-state index in [0.717, 1.165) is 45.1 Å². The Bertz CT molecular complexity index is 1300. The summed E-state index contributed by atoms with van der Waals surface area (Å²) in [6, 6.07) is 0. The highest BCUT2D eigenvalue weighted by Gasteiger charge is 2.69. The molecule has 0 unspecified atom stereocenters. The highest BCUT2D eigenvalue weighted by molar-refractivity contribution is 5.28. The zero-order valence-electron chi connectivity index (χ0n) is 30.3. The van der Waals surface area contributed by atoms with Gasteiger partial charge in [0, 0.05) is 24.2 Å².